The number of aliphatic hydroxyl groups is 9. The van der Waals surface area contributed by atoms with Crippen LogP contribution < -0.4 is 0 Å². The largest absolute Gasteiger partial charge is 0.472 e. The second kappa shape index (κ2) is 64.7. The number of aliphatic hydroxyl groups excluding tert-OH is 9. The van der Waals surface area contributed by atoms with Crippen molar-refractivity contribution in [3.05, 3.63) is 36.5 Å². The number of hydrogen-bond donors (Lipinski definition) is 10. The number of phosphoric ester groups is 1. The summed E-state index contributed by atoms with van der Waals surface area (Å²) in [5, 5.41) is 102. The maximum atomic E-state index is 14.8. The molecule has 2 saturated heterocycles. The number of esters is 4. The van der Waals surface area contributed by atoms with E-state index in [1.54, 1.807) is 0 Å². The van der Waals surface area contributed by atoms with Crippen molar-refractivity contribution in [3.63, 3.8) is 0 Å². The van der Waals surface area contributed by atoms with Crippen LogP contribution in [0.25, 0.3) is 0 Å². The summed E-state index contributed by atoms with van der Waals surface area (Å²) in [4.78, 5) is 66.1. The molecule has 2 heterocycles. The van der Waals surface area contributed by atoms with Crippen molar-refractivity contribution in [2.75, 3.05) is 26.4 Å². The van der Waals surface area contributed by atoms with Crippen molar-refractivity contribution >= 4 is 31.7 Å². The number of phosphoric acid groups is 1. The maximum absolute atomic E-state index is 14.8. The van der Waals surface area contributed by atoms with Crippen LogP contribution in [-0.4, -0.2) is 205 Å². The summed E-state index contributed by atoms with van der Waals surface area (Å²) in [6.45, 7) is 5.48. The van der Waals surface area contributed by atoms with Crippen LogP contribution in [0.5, 0.6) is 0 Å². The van der Waals surface area contributed by atoms with Crippen molar-refractivity contribution in [1.29, 1.82) is 0 Å². The Kier molecular flexibility index (Phi) is 59.4. The fraction of sp³-hybridized carbons (Fsp3) is 0.882. The topological polar surface area (TPSA) is 380 Å². The van der Waals surface area contributed by atoms with Gasteiger partial charge in [0.2, 0.25) is 0 Å². The van der Waals surface area contributed by atoms with Crippen LogP contribution in [0.1, 0.15) is 349 Å². The summed E-state index contributed by atoms with van der Waals surface area (Å²) >= 11 is 0. The minimum absolute atomic E-state index is 0.00858. The molecule has 3 rings (SSSR count). The quantitative estimate of drug-likeness (QED) is 0.00889. The first-order valence-corrected chi connectivity index (χ1v) is 45.2. The molecule has 0 aromatic rings. The molecule has 0 aromatic heterocycles. The van der Waals surface area contributed by atoms with Crippen LogP contribution in [-0.2, 0) is 70.7 Å². The average molecular weight is 1610 g/mol. The minimum Gasteiger partial charge on any atom is -0.463 e. The van der Waals surface area contributed by atoms with Gasteiger partial charge in [0.15, 0.2) is 24.8 Å². The molecule has 0 bridgehead atoms. The van der Waals surface area contributed by atoms with E-state index in [0.29, 0.717) is 38.5 Å². The molecule has 3 fully saturated rings. The van der Waals surface area contributed by atoms with Crippen LogP contribution in [0.3, 0.4) is 0 Å². The van der Waals surface area contributed by atoms with Gasteiger partial charge in [-0.1, -0.05) is 257 Å². The molecule has 10 N–H and O–H groups in total. The van der Waals surface area contributed by atoms with E-state index in [1.165, 1.54) is 135 Å². The highest BCUT2D eigenvalue weighted by atomic mass is 31.2. The summed E-state index contributed by atoms with van der Waals surface area (Å²) in [5.41, 5.74) is 0. The normalized spacial score (nSPS) is 25.9. The third kappa shape index (κ3) is 45.9. The van der Waals surface area contributed by atoms with Gasteiger partial charge in [0.1, 0.15) is 92.6 Å². The summed E-state index contributed by atoms with van der Waals surface area (Å²) in [6, 6.07) is 0. The van der Waals surface area contributed by atoms with Gasteiger partial charge in [0.25, 0.3) is 0 Å². The Morgan fingerprint density at radius 1 is 0.351 bits per heavy atom. The number of hydrogen-bond acceptors (Lipinski definition) is 24. The Morgan fingerprint density at radius 3 is 1.08 bits per heavy atom. The zero-order valence-electron chi connectivity index (χ0n) is 68.5. The second-order valence-corrected chi connectivity index (χ2v) is 32.4. The molecular weight excluding hydrogens is 1450 g/mol. The Balaban J connectivity index is 1.96. The maximum Gasteiger partial charge on any atom is 0.472 e. The first-order chi connectivity index (χ1) is 53.7. The van der Waals surface area contributed by atoms with E-state index in [9.17, 15) is 74.6 Å². The molecule has 25 nitrogen and oxygen atoms in total. The highest BCUT2D eigenvalue weighted by Gasteiger charge is 2.60. The number of rotatable bonds is 69. The third-order valence-corrected chi connectivity index (χ3v) is 22.1. The van der Waals surface area contributed by atoms with Crippen molar-refractivity contribution in [3.8, 4) is 0 Å². The second-order valence-electron chi connectivity index (χ2n) is 31.0. The average Bonchev–Trinajstić information content (AvgIpc) is 0.754. The van der Waals surface area contributed by atoms with Crippen LogP contribution in [0, 0.1) is 0 Å². The van der Waals surface area contributed by atoms with Gasteiger partial charge in [-0.2, -0.15) is 0 Å². The van der Waals surface area contributed by atoms with Crippen LogP contribution in [0.4, 0.5) is 0 Å². The number of unbranched alkanes of at least 4 members (excludes halogenated alkanes) is 39. The van der Waals surface area contributed by atoms with Gasteiger partial charge in [0, 0.05) is 25.7 Å². The Morgan fingerprint density at radius 2 is 0.676 bits per heavy atom. The summed E-state index contributed by atoms with van der Waals surface area (Å²) in [7, 11) is -5.81. The van der Waals surface area contributed by atoms with E-state index < -0.39 is 162 Å². The number of ether oxygens (including phenoxy) is 8. The SMILES string of the molecule is CCCCCCCC/C=C\CCCCCC(=O)OCC(COP(=O)(O)OC1C(OC2OC(CO)C(O)C(O)C2O)C(O)C(O)C(OC(=O)CCCCC/C=C\CCCCCCCC)C1OC1OC(COC(=O)CCCCCCCCCCCCCCC)C(O)C(O)C1O)OC(=O)CCCCC/C=C\CCCCCCCC. The van der Waals surface area contributed by atoms with Crippen LogP contribution >= 0.6 is 7.82 Å². The lowest BCUT2D eigenvalue weighted by Gasteiger charge is -2.50. The Labute approximate surface area is 666 Å². The molecule has 3 aliphatic rings. The molecule has 1 saturated carbocycles. The van der Waals surface area contributed by atoms with Crippen molar-refractivity contribution in [2.45, 2.75) is 453 Å². The third-order valence-electron chi connectivity index (χ3n) is 21.1. The molecular formula is C85H153O25P. The van der Waals surface area contributed by atoms with Crippen molar-refractivity contribution < 1.29 is 122 Å². The molecule has 1 aliphatic carbocycles. The summed E-state index contributed by atoms with van der Waals surface area (Å²) in [5.74, 6) is -3.03. The van der Waals surface area contributed by atoms with Crippen LogP contribution in [0.2, 0.25) is 0 Å². The molecule has 26 heteroatoms. The monoisotopic (exact) mass is 1610 g/mol. The summed E-state index contributed by atoms with van der Waals surface area (Å²) in [6.07, 6.45) is 23.4. The Bertz CT molecular complexity index is 2470. The van der Waals surface area contributed by atoms with Crippen LogP contribution in [0.15, 0.2) is 36.5 Å². The zero-order chi connectivity index (χ0) is 81.1. The molecule has 0 spiro atoms. The fourth-order valence-electron chi connectivity index (χ4n) is 14.1. The van der Waals surface area contributed by atoms with Gasteiger partial charge in [-0.15, -0.1) is 0 Å². The van der Waals surface area contributed by atoms with Gasteiger partial charge in [0.05, 0.1) is 13.2 Å². The lowest BCUT2D eigenvalue weighted by Crippen LogP contribution is -2.70. The predicted octanol–water partition coefficient (Wildman–Crippen LogP) is 14.8. The molecule has 0 amide bonds. The number of carbonyl (C=O) groups is 4. The van der Waals surface area contributed by atoms with Crippen molar-refractivity contribution in [1.82, 2.24) is 0 Å². The number of carbonyl (C=O) groups excluding carboxylic acids is 4. The minimum atomic E-state index is -5.81. The van der Waals surface area contributed by atoms with E-state index in [1.807, 2.05) is 0 Å². The zero-order valence-corrected chi connectivity index (χ0v) is 69.4. The smallest absolute Gasteiger partial charge is 0.463 e. The van der Waals surface area contributed by atoms with Gasteiger partial charge in [-0.25, -0.2) is 4.57 Å². The molecule has 111 heavy (non-hydrogen) atoms. The van der Waals surface area contributed by atoms with E-state index >= 15 is 0 Å². The van der Waals surface area contributed by atoms with Gasteiger partial charge >= 0.3 is 31.7 Å². The first-order valence-electron chi connectivity index (χ1n) is 43.7. The highest BCUT2D eigenvalue weighted by molar-refractivity contribution is 7.47. The standard InChI is InChI=1S/C85H153O25P/c1-5-9-13-17-21-25-29-33-37-41-45-49-53-57-68(87)101-62-65(104-70(89)59-55-51-47-43-39-35-31-27-23-19-15-11-7-3)63-103-111(99,100)110-83-81(108-84-78(97)74(93)72(91)66(61-86)105-84)77(96)76(95)80(107-71(90)60-56-52-48-44-40-36-32-28-24-20-16-12-8-4)82(83)109-85-79(98)75(94)73(92)67(106-85)64-102-69(88)58-54-50-46-42-38-34-30-26-22-18-14-10-6-2/h33,35-37,39-40,65-67,72-86,91-98H,5-32,34,38,41-64H2,1-4H3,(H,99,100)/b37-33-,39-35-,40-36-. The van der Waals surface area contributed by atoms with Gasteiger partial charge < -0.3 is 88.7 Å². The van der Waals surface area contributed by atoms with Gasteiger partial charge in [-0.3, -0.25) is 28.2 Å². The number of allylic oxidation sites excluding steroid dienone is 6. The molecule has 2 aliphatic heterocycles. The predicted molar refractivity (Wildman–Crippen MR) is 426 cm³/mol. The van der Waals surface area contributed by atoms with Gasteiger partial charge in [-0.05, 0) is 103 Å². The van der Waals surface area contributed by atoms with E-state index in [-0.39, 0.29) is 32.1 Å². The van der Waals surface area contributed by atoms with E-state index in [2.05, 4.69) is 64.2 Å². The fourth-order valence-corrected chi connectivity index (χ4v) is 15.0. The molecule has 0 aromatic carbocycles. The molecule has 18 unspecified atom stereocenters. The first kappa shape index (κ1) is 102. The lowest BCUT2D eigenvalue weighted by molar-refractivity contribution is -0.360. The molecule has 18 atom stereocenters. The van der Waals surface area contributed by atoms with E-state index in [4.69, 9.17) is 46.9 Å². The lowest BCUT2D eigenvalue weighted by atomic mass is 9.84. The molecule has 0 radical (unpaired) electrons. The Hall–Kier alpha value is -3.31. The summed E-state index contributed by atoms with van der Waals surface area (Å²) < 4.78 is 73.1. The molecule has 648 valence electrons. The highest BCUT2D eigenvalue weighted by Crippen LogP contribution is 2.49. The van der Waals surface area contributed by atoms with E-state index in [0.717, 1.165) is 116 Å². The van der Waals surface area contributed by atoms with Crippen molar-refractivity contribution in [2.24, 2.45) is 0 Å².